The zero-order valence-corrected chi connectivity index (χ0v) is 16.4. The van der Waals surface area contributed by atoms with Gasteiger partial charge in [-0.05, 0) is 17.4 Å². The van der Waals surface area contributed by atoms with Crippen LogP contribution in [-0.2, 0) is 10.0 Å². The second kappa shape index (κ2) is 10.4. The van der Waals surface area contributed by atoms with E-state index < -0.39 is 10.0 Å². The van der Waals surface area contributed by atoms with Gasteiger partial charge < -0.3 is 10.6 Å². The van der Waals surface area contributed by atoms with Crippen molar-refractivity contribution in [2.75, 3.05) is 26.7 Å². The molecule has 0 aromatic carbocycles. The minimum atomic E-state index is -3.38. The van der Waals surface area contributed by atoms with Crippen LogP contribution >= 0.6 is 35.3 Å². The highest BCUT2D eigenvalue weighted by atomic mass is 127. The van der Waals surface area contributed by atoms with Crippen LogP contribution in [0.25, 0.3) is 0 Å². The van der Waals surface area contributed by atoms with E-state index in [1.165, 1.54) is 11.3 Å². The summed E-state index contributed by atoms with van der Waals surface area (Å²) in [6.45, 7) is 5.82. The smallest absolute Gasteiger partial charge is 0.250 e. The molecule has 0 atom stereocenters. The summed E-state index contributed by atoms with van der Waals surface area (Å²) < 4.78 is 26.6. The number of hydrogen-bond acceptors (Lipinski definition) is 4. The van der Waals surface area contributed by atoms with E-state index in [1.54, 1.807) is 24.6 Å². The van der Waals surface area contributed by atoms with Gasteiger partial charge in [-0.3, -0.25) is 4.99 Å². The highest BCUT2D eigenvalue weighted by molar-refractivity contribution is 14.0. The number of sulfonamides is 1. The average Bonchev–Trinajstić information content (AvgIpc) is 2.92. The Balaban J connectivity index is 0.00000400. The van der Waals surface area contributed by atoms with E-state index in [-0.39, 0.29) is 24.0 Å². The predicted octanol–water partition coefficient (Wildman–Crippen LogP) is 1.47. The molecule has 1 rings (SSSR count). The third-order valence-electron chi connectivity index (χ3n) is 2.37. The van der Waals surface area contributed by atoms with Gasteiger partial charge in [0.2, 0.25) is 10.0 Å². The summed E-state index contributed by atoms with van der Waals surface area (Å²) in [5.41, 5.74) is 0. The van der Waals surface area contributed by atoms with Crippen LogP contribution in [-0.4, -0.2) is 41.1 Å². The van der Waals surface area contributed by atoms with Gasteiger partial charge in [0.05, 0.1) is 0 Å². The molecule has 6 nitrogen and oxygen atoms in total. The van der Waals surface area contributed by atoms with E-state index in [1.807, 2.05) is 0 Å². The number of hydrogen-bond donors (Lipinski definition) is 3. The molecule has 9 heteroatoms. The second-order valence-electron chi connectivity index (χ2n) is 4.60. The highest BCUT2D eigenvalue weighted by Gasteiger charge is 2.13. The minimum absolute atomic E-state index is 0. The molecule has 0 spiro atoms. The van der Waals surface area contributed by atoms with Gasteiger partial charge in [-0.1, -0.05) is 19.9 Å². The van der Waals surface area contributed by atoms with Crippen LogP contribution in [0, 0.1) is 5.92 Å². The van der Waals surface area contributed by atoms with E-state index >= 15 is 0 Å². The Bertz CT molecular complexity index is 515. The van der Waals surface area contributed by atoms with Crippen LogP contribution in [0.15, 0.2) is 26.7 Å². The van der Waals surface area contributed by atoms with Crippen molar-refractivity contribution in [3.8, 4) is 0 Å². The molecule has 21 heavy (non-hydrogen) atoms. The van der Waals surface area contributed by atoms with Gasteiger partial charge in [-0.15, -0.1) is 35.3 Å². The van der Waals surface area contributed by atoms with Crippen molar-refractivity contribution in [3.63, 3.8) is 0 Å². The molecule has 0 amide bonds. The lowest BCUT2D eigenvalue weighted by atomic mass is 10.2. The first-order valence-corrected chi connectivity index (χ1v) is 8.79. The summed E-state index contributed by atoms with van der Waals surface area (Å²) in [6.07, 6.45) is 0. The van der Waals surface area contributed by atoms with E-state index in [0.717, 1.165) is 6.54 Å². The molecule has 0 saturated heterocycles. The maximum absolute atomic E-state index is 11.8. The van der Waals surface area contributed by atoms with Gasteiger partial charge in [0.1, 0.15) is 4.21 Å². The third-order valence-corrected chi connectivity index (χ3v) is 5.23. The van der Waals surface area contributed by atoms with Gasteiger partial charge in [0.15, 0.2) is 5.96 Å². The predicted molar refractivity (Wildman–Crippen MR) is 99.1 cm³/mol. The van der Waals surface area contributed by atoms with Crippen LogP contribution < -0.4 is 15.4 Å². The van der Waals surface area contributed by atoms with E-state index in [2.05, 4.69) is 34.2 Å². The molecule has 3 N–H and O–H groups in total. The fourth-order valence-electron chi connectivity index (χ4n) is 1.38. The number of aliphatic imine (C=N–C) groups is 1. The minimum Gasteiger partial charge on any atom is -0.356 e. The lowest BCUT2D eigenvalue weighted by Crippen LogP contribution is -2.42. The lowest BCUT2D eigenvalue weighted by Gasteiger charge is -2.13. The van der Waals surface area contributed by atoms with Crippen LogP contribution in [0.3, 0.4) is 0 Å². The Morgan fingerprint density at radius 2 is 2.05 bits per heavy atom. The first-order valence-electron chi connectivity index (χ1n) is 6.43. The fraction of sp³-hybridized carbons (Fsp3) is 0.583. The quantitative estimate of drug-likeness (QED) is 0.257. The number of thiophene rings is 1. The van der Waals surface area contributed by atoms with Crippen molar-refractivity contribution in [2.24, 2.45) is 10.9 Å². The van der Waals surface area contributed by atoms with Gasteiger partial charge >= 0.3 is 0 Å². The van der Waals surface area contributed by atoms with Gasteiger partial charge in [0, 0.05) is 26.7 Å². The molecule has 1 aromatic rings. The van der Waals surface area contributed by atoms with Crippen molar-refractivity contribution >= 4 is 51.3 Å². The Kier molecular flexibility index (Phi) is 10.2. The largest absolute Gasteiger partial charge is 0.356 e. The Labute approximate surface area is 147 Å². The fourth-order valence-corrected chi connectivity index (χ4v) is 3.44. The summed E-state index contributed by atoms with van der Waals surface area (Å²) in [7, 11) is -1.69. The lowest BCUT2D eigenvalue weighted by molar-refractivity contribution is 0.581. The summed E-state index contributed by atoms with van der Waals surface area (Å²) in [4.78, 5) is 4.06. The number of nitrogens with zero attached hydrogens (tertiary/aromatic N) is 1. The van der Waals surface area contributed by atoms with Crippen molar-refractivity contribution in [3.05, 3.63) is 17.5 Å². The number of nitrogens with one attached hydrogen (secondary N) is 3. The van der Waals surface area contributed by atoms with Crippen LogP contribution in [0.1, 0.15) is 13.8 Å². The van der Waals surface area contributed by atoms with Crippen molar-refractivity contribution < 1.29 is 8.42 Å². The van der Waals surface area contributed by atoms with E-state index in [4.69, 9.17) is 0 Å². The number of halogens is 1. The maximum atomic E-state index is 11.8. The van der Waals surface area contributed by atoms with Gasteiger partial charge in [-0.2, -0.15) is 0 Å². The molecule has 0 radical (unpaired) electrons. The molecule has 0 aliphatic carbocycles. The third kappa shape index (κ3) is 7.98. The van der Waals surface area contributed by atoms with Crippen molar-refractivity contribution in [1.82, 2.24) is 15.4 Å². The molecule has 0 fully saturated rings. The Hall–Kier alpha value is -0.390. The van der Waals surface area contributed by atoms with Gasteiger partial charge in [-0.25, -0.2) is 13.1 Å². The molecule has 0 aliphatic heterocycles. The van der Waals surface area contributed by atoms with Crippen LogP contribution in [0.5, 0.6) is 0 Å². The first kappa shape index (κ1) is 20.6. The summed E-state index contributed by atoms with van der Waals surface area (Å²) >= 11 is 1.20. The second-order valence-corrected chi connectivity index (χ2v) is 7.55. The molecule has 1 aromatic heterocycles. The zero-order valence-electron chi connectivity index (χ0n) is 12.4. The zero-order chi connectivity index (χ0) is 15.0. The maximum Gasteiger partial charge on any atom is 0.250 e. The molecule has 122 valence electrons. The van der Waals surface area contributed by atoms with Crippen LogP contribution in [0.4, 0.5) is 0 Å². The molecule has 1 heterocycles. The van der Waals surface area contributed by atoms with Crippen LogP contribution in [0.2, 0.25) is 0 Å². The van der Waals surface area contributed by atoms with E-state index in [0.29, 0.717) is 29.2 Å². The molecular weight excluding hydrogens is 423 g/mol. The monoisotopic (exact) mass is 446 g/mol. The molecule has 0 saturated carbocycles. The summed E-state index contributed by atoms with van der Waals surface area (Å²) in [5, 5.41) is 7.96. The standard InChI is InChI=1S/C12H22N4O2S2.HI/c1-10(2)9-15-12(13-3)14-6-7-16-20(17,18)11-5-4-8-19-11;/h4-5,8,10,16H,6-7,9H2,1-3H3,(H2,13,14,15);1H. The average molecular weight is 446 g/mol. The topological polar surface area (TPSA) is 82.6 Å². The summed E-state index contributed by atoms with van der Waals surface area (Å²) in [5.74, 6) is 1.19. The number of guanidine groups is 1. The van der Waals surface area contributed by atoms with Crippen molar-refractivity contribution in [1.29, 1.82) is 0 Å². The molecule has 0 unspecified atom stereocenters. The normalized spacial score (nSPS) is 12.1. The number of rotatable bonds is 7. The highest BCUT2D eigenvalue weighted by Crippen LogP contribution is 2.14. The van der Waals surface area contributed by atoms with Crippen molar-refractivity contribution in [2.45, 2.75) is 18.1 Å². The first-order chi connectivity index (χ1) is 9.45. The Morgan fingerprint density at radius 3 is 2.57 bits per heavy atom. The molecular formula is C12H23IN4O2S2. The molecule has 0 bridgehead atoms. The summed E-state index contributed by atoms with van der Waals surface area (Å²) in [6, 6.07) is 3.30. The Morgan fingerprint density at radius 1 is 1.33 bits per heavy atom. The van der Waals surface area contributed by atoms with Gasteiger partial charge in [0.25, 0.3) is 0 Å². The molecule has 0 aliphatic rings. The SMILES string of the molecule is CN=C(NCCNS(=O)(=O)c1cccs1)NCC(C)C.I. The van der Waals surface area contributed by atoms with E-state index in [9.17, 15) is 8.42 Å².